The number of hydrogen-bond donors (Lipinski definition) is 0. The maximum atomic E-state index is 12.9. The molecule has 0 amide bonds. The van der Waals surface area contributed by atoms with E-state index >= 15 is 0 Å². The van der Waals surface area contributed by atoms with Crippen LogP contribution < -0.4 is 4.74 Å². The predicted molar refractivity (Wildman–Crippen MR) is 50.6 cm³/mol. The van der Waals surface area contributed by atoms with E-state index in [2.05, 4.69) is 10.2 Å². The van der Waals surface area contributed by atoms with Crippen LogP contribution in [-0.4, -0.2) is 23.5 Å². The van der Waals surface area contributed by atoms with Gasteiger partial charge in [0.05, 0.1) is 13.3 Å². The topological polar surface area (TPSA) is 35.0 Å². The first-order valence-corrected chi connectivity index (χ1v) is 4.92. The molecule has 1 fully saturated rings. The molecule has 0 unspecified atom stereocenters. The third-order valence-electron chi connectivity index (χ3n) is 2.71. The van der Waals surface area contributed by atoms with Gasteiger partial charge < -0.3 is 4.74 Å². The molecule has 0 atom stereocenters. The molecule has 0 spiro atoms. The minimum absolute atomic E-state index is 0.00187. The molecule has 1 saturated carbocycles. The van der Waals surface area contributed by atoms with Gasteiger partial charge >= 0.3 is 6.18 Å². The number of aromatic nitrogens is 2. The van der Waals surface area contributed by atoms with Gasteiger partial charge in [-0.1, -0.05) is 11.6 Å². The first kappa shape index (κ1) is 11.4. The summed E-state index contributed by atoms with van der Waals surface area (Å²) in [5.41, 5.74) is -2.13. The van der Waals surface area contributed by atoms with Gasteiger partial charge in [0.25, 0.3) is 0 Å². The molecular formula is C9H8ClF3N2O. The molecule has 88 valence electrons. The summed E-state index contributed by atoms with van der Waals surface area (Å²) < 4.78 is 43.5. The lowest BCUT2D eigenvalue weighted by atomic mass is 10.0. The lowest BCUT2D eigenvalue weighted by molar-refractivity contribution is -0.162. The fourth-order valence-corrected chi connectivity index (χ4v) is 1.85. The summed E-state index contributed by atoms with van der Waals surface area (Å²) >= 11 is 5.72. The zero-order valence-corrected chi connectivity index (χ0v) is 9.06. The zero-order valence-electron chi connectivity index (χ0n) is 8.31. The highest BCUT2D eigenvalue weighted by Crippen LogP contribution is 2.60. The third-order valence-corrected chi connectivity index (χ3v) is 2.98. The van der Waals surface area contributed by atoms with E-state index in [4.69, 9.17) is 16.3 Å². The molecule has 7 heteroatoms. The summed E-state index contributed by atoms with van der Waals surface area (Å²) in [7, 11) is 1.26. The molecule has 1 aliphatic rings. The fourth-order valence-electron chi connectivity index (χ4n) is 1.64. The Hall–Kier alpha value is -1.04. The quantitative estimate of drug-likeness (QED) is 0.812. The number of ether oxygens (including phenoxy) is 1. The van der Waals surface area contributed by atoms with E-state index < -0.39 is 11.6 Å². The van der Waals surface area contributed by atoms with Crippen LogP contribution in [0.15, 0.2) is 6.20 Å². The molecular weight excluding hydrogens is 245 g/mol. The van der Waals surface area contributed by atoms with Crippen LogP contribution >= 0.6 is 11.6 Å². The SMILES string of the molecule is COc1c(Cl)cnnc1C1(C(F)(F)F)CC1. The Balaban J connectivity index is 2.53. The van der Waals surface area contributed by atoms with Crippen molar-refractivity contribution in [2.45, 2.75) is 24.4 Å². The second-order valence-electron chi connectivity index (χ2n) is 3.65. The average molecular weight is 253 g/mol. The van der Waals surface area contributed by atoms with Gasteiger partial charge in [-0.2, -0.15) is 23.4 Å². The number of hydrogen-bond acceptors (Lipinski definition) is 3. The lowest BCUT2D eigenvalue weighted by Gasteiger charge is -2.20. The van der Waals surface area contributed by atoms with Crippen molar-refractivity contribution in [2.75, 3.05) is 7.11 Å². The number of rotatable bonds is 2. The van der Waals surface area contributed by atoms with Crippen molar-refractivity contribution in [1.82, 2.24) is 10.2 Å². The van der Waals surface area contributed by atoms with Gasteiger partial charge in [0.15, 0.2) is 5.75 Å². The van der Waals surface area contributed by atoms with Crippen LogP contribution in [0.4, 0.5) is 13.2 Å². The van der Waals surface area contributed by atoms with Gasteiger partial charge in [0.1, 0.15) is 16.1 Å². The van der Waals surface area contributed by atoms with Crippen molar-refractivity contribution in [2.24, 2.45) is 0 Å². The van der Waals surface area contributed by atoms with Crippen molar-refractivity contribution in [3.05, 3.63) is 16.9 Å². The first-order chi connectivity index (χ1) is 7.42. The van der Waals surface area contributed by atoms with Crippen LogP contribution in [-0.2, 0) is 5.41 Å². The molecule has 3 nitrogen and oxygen atoms in total. The van der Waals surface area contributed by atoms with Gasteiger partial charge in [0.2, 0.25) is 0 Å². The van der Waals surface area contributed by atoms with Crippen molar-refractivity contribution >= 4 is 11.6 Å². The minimum atomic E-state index is -4.35. The van der Waals surface area contributed by atoms with Crippen molar-refractivity contribution in [3.8, 4) is 5.75 Å². The molecule has 0 radical (unpaired) electrons. The monoisotopic (exact) mass is 252 g/mol. The normalized spacial score (nSPS) is 18.3. The van der Waals surface area contributed by atoms with Crippen molar-refractivity contribution in [3.63, 3.8) is 0 Å². The zero-order chi connectivity index (χ0) is 12.0. The summed E-state index contributed by atoms with van der Waals surface area (Å²) in [5, 5.41) is 7.03. The second kappa shape index (κ2) is 3.48. The van der Waals surface area contributed by atoms with Crippen LogP contribution in [0, 0.1) is 0 Å². The number of halogens is 4. The van der Waals surface area contributed by atoms with Crippen LogP contribution in [0.3, 0.4) is 0 Å². The van der Waals surface area contributed by atoms with Crippen LogP contribution in [0.5, 0.6) is 5.75 Å². The molecule has 1 heterocycles. The molecule has 1 aliphatic carbocycles. The molecule has 1 aromatic heterocycles. The Morgan fingerprint density at radius 2 is 2.06 bits per heavy atom. The van der Waals surface area contributed by atoms with E-state index in [0.717, 1.165) is 6.20 Å². The highest BCUT2D eigenvalue weighted by Gasteiger charge is 2.66. The number of alkyl halides is 3. The minimum Gasteiger partial charge on any atom is -0.493 e. The van der Waals surface area contributed by atoms with Gasteiger partial charge in [-0.25, -0.2) is 0 Å². The summed E-state index contributed by atoms with van der Waals surface area (Å²) in [5.74, 6) is -0.0357. The van der Waals surface area contributed by atoms with Gasteiger partial charge in [-0.05, 0) is 12.8 Å². The predicted octanol–water partition coefficient (Wildman–Crippen LogP) is 2.73. The third kappa shape index (κ3) is 1.52. The van der Waals surface area contributed by atoms with E-state index in [0.29, 0.717) is 0 Å². The average Bonchev–Trinajstić information content (AvgIpc) is 2.96. The Bertz CT molecular complexity index is 418. The van der Waals surface area contributed by atoms with Crippen molar-refractivity contribution in [1.29, 1.82) is 0 Å². The van der Waals surface area contributed by atoms with E-state index in [-0.39, 0.29) is 29.3 Å². The van der Waals surface area contributed by atoms with Crippen molar-refractivity contribution < 1.29 is 17.9 Å². The summed E-state index contributed by atoms with van der Waals surface area (Å²) in [4.78, 5) is 0. The standard InChI is InChI=1S/C9H8ClF3N2O/c1-16-6-5(10)4-14-15-7(6)8(2-3-8)9(11,12)13/h4H,2-3H2,1H3. The Morgan fingerprint density at radius 1 is 1.44 bits per heavy atom. The largest absolute Gasteiger partial charge is 0.493 e. The second-order valence-corrected chi connectivity index (χ2v) is 4.06. The first-order valence-electron chi connectivity index (χ1n) is 4.55. The lowest BCUT2D eigenvalue weighted by Crippen LogP contribution is -2.30. The van der Waals surface area contributed by atoms with Crippen LogP contribution in [0.1, 0.15) is 18.5 Å². The maximum Gasteiger partial charge on any atom is 0.400 e. The molecule has 0 bridgehead atoms. The molecule has 0 aliphatic heterocycles. The van der Waals surface area contributed by atoms with E-state index in [1.165, 1.54) is 7.11 Å². The van der Waals surface area contributed by atoms with Gasteiger partial charge in [-0.3, -0.25) is 0 Å². The van der Waals surface area contributed by atoms with Gasteiger partial charge in [0, 0.05) is 0 Å². The molecule has 2 rings (SSSR count). The van der Waals surface area contributed by atoms with E-state index in [1.54, 1.807) is 0 Å². The van der Waals surface area contributed by atoms with Crippen LogP contribution in [0.25, 0.3) is 0 Å². The Morgan fingerprint density at radius 3 is 2.50 bits per heavy atom. The molecule has 1 aromatic rings. The van der Waals surface area contributed by atoms with Crippen LogP contribution in [0.2, 0.25) is 5.02 Å². The number of nitrogens with zero attached hydrogens (tertiary/aromatic N) is 2. The summed E-state index contributed by atoms with van der Waals surface area (Å²) in [6.45, 7) is 0. The molecule has 16 heavy (non-hydrogen) atoms. The molecule has 0 aromatic carbocycles. The maximum absolute atomic E-state index is 12.9. The van der Waals surface area contributed by atoms with Gasteiger partial charge in [-0.15, -0.1) is 0 Å². The van der Waals surface area contributed by atoms with E-state index in [9.17, 15) is 13.2 Å². The smallest absolute Gasteiger partial charge is 0.400 e. The highest BCUT2D eigenvalue weighted by atomic mass is 35.5. The summed E-state index contributed by atoms with van der Waals surface area (Å²) in [6.07, 6.45) is -3.18. The highest BCUT2D eigenvalue weighted by molar-refractivity contribution is 6.32. The van der Waals surface area contributed by atoms with E-state index in [1.807, 2.05) is 0 Å². The fraction of sp³-hybridized carbons (Fsp3) is 0.556. The summed E-state index contributed by atoms with van der Waals surface area (Å²) in [6, 6.07) is 0. The Kier molecular flexibility index (Phi) is 2.49. The Labute approximate surface area is 94.6 Å². The molecule has 0 N–H and O–H groups in total. The molecule has 0 saturated heterocycles. The number of methoxy groups -OCH3 is 1.